The van der Waals surface area contributed by atoms with E-state index in [4.69, 9.17) is 21.1 Å². The van der Waals surface area contributed by atoms with Crippen LogP contribution < -0.4 is 15.4 Å². The summed E-state index contributed by atoms with van der Waals surface area (Å²) >= 11 is 6.01. The van der Waals surface area contributed by atoms with Gasteiger partial charge in [-0.1, -0.05) is 35.9 Å². The van der Waals surface area contributed by atoms with Gasteiger partial charge in [0.1, 0.15) is 11.3 Å². The number of benzene rings is 1. The third-order valence-corrected chi connectivity index (χ3v) is 5.17. The molecule has 1 amide bonds. The number of aliphatic hydroxyl groups excluding tert-OH is 1. The molecule has 0 spiro atoms. The highest BCUT2D eigenvalue weighted by atomic mass is 35.5. The molecule has 7 nitrogen and oxygen atoms in total. The van der Waals surface area contributed by atoms with Crippen LogP contribution in [0.15, 0.2) is 36.4 Å². The molecule has 28 heavy (non-hydrogen) atoms. The van der Waals surface area contributed by atoms with Crippen LogP contribution >= 0.6 is 11.6 Å². The second kappa shape index (κ2) is 8.45. The van der Waals surface area contributed by atoms with E-state index in [1.807, 2.05) is 12.1 Å². The van der Waals surface area contributed by atoms with Crippen molar-refractivity contribution in [1.29, 1.82) is 0 Å². The van der Waals surface area contributed by atoms with Gasteiger partial charge in [0.05, 0.1) is 19.3 Å². The van der Waals surface area contributed by atoms with Gasteiger partial charge in [-0.3, -0.25) is 4.79 Å². The Kier molecular flexibility index (Phi) is 5.77. The second-order valence-electron chi connectivity index (χ2n) is 7.03. The standard InChI is InChI=1S/C20H22ClN3O4/c21-18-6-14(7-19(24-18)28-15-10-27-11-15)20(26)23-9-17(25)16-5-12-3-1-2-4-13(12)8-22-16/h1-4,6-7,15-17,22,25H,5,8-11H2,(H,23,26)/t16-,17?/m0/s1. The highest BCUT2D eigenvalue weighted by Crippen LogP contribution is 2.20. The number of amides is 1. The Balaban J connectivity index is 1.34. The molecule has 1 unspecified atom stereocenters. The molecule has 1 fully saturated rings. The maximum Gasteiger partial charge on any atom is 0.251 e. The molecule has 0 aliphatic carbocycles. The number of fused-ring (bicyclic) bond motifs is 1. The molecule has 0 bridgehead atoms. The van der Waals surface area contributed by atoms with Crippen LogP contribution in [0.4, 0.5) is 0 Å². The Morgan fingerprint density at radius 1 is 1.36 bits per heavy atom. The van der Waals surface area contributed by atoms with Crippen molar-refractivity contribution in [3.8, 4) is 5.88 Å². The van der Waals surface area contributed by atoms with Crippen LogP contribution in [0.1, 0.15) is 21.5 Å². The number of carbonyl (C=O) groups is 1. The molecular weight excluding hydrogens is 382 g/mol. The summed E-state index contributed by atoms with van der Waals surface area (Å²) in [4.78, 5) is 16.6. The van der Waals surface area contributed by atoms with E-state index in [-0.39, 0.29) is 35.6 Å². The molecule has 2 aromatic rings. The summed E-state index contributed by atoms with van der Waals surface area (Å²) in [6.45, 7) is 1.83. The fourth-order valence-electron chi connectivity index (χ4n) is 3.31. The second-order valence-corrected chi connectivity index (χ2v) is 7.42. The van der Waals surface area contributed by atoms with Crippen molar-refractivity contribution in [1.82, 2.24) is 15.6 Å². The zero-order chi connectivity index (χ0) is 19.5. The van der Waals surface area contributed by atoms with Crippen molar-refractivity contribution in [3.63, 3.8) is 0 Å². The lowest BCUT2D eigenvalue weighted by Crippen LogP contribution is -2.49. The minimum Gasteiger partial charge on any atom is -0.469 e. The predicted molar refractivity (Wildman–Crippen MR) is 104 cm³/mol. The lowest BCUT2D eigenvalue weighted by atomic mass is 9.93. The van der Waals surface area contributed by atoms with Gasteiger partial charge in [-0.15, -0.1) is 0 Å². The molecule has 0 radical (unpaired) electrons. The van der Waals surface area contributed by atoms with Crippen molar-refractivity contribution >= 4 is 17.5 Å². The maximum atomic E-state index is 12.5. The summed E-state index contributed by atoms with van der Waals surface area (Å²) in [6.07, 6.45) is -0.0585. The number of rotatable bonds is 6. The molecule has 8 heteroatoms. The molecule has 3 N–H and O–H groups in total. The van der Waals surface area contributed by atoms with Gasteiger partial charge in [-0.2, -0.15) is 0 Å². The summed E-state index contributed by atoms with van der Waals surface area (Å²) < 4.78 is 10.7. The first kappa shape index (κ1) is 19.1. The minimum absolute atomic E-state index is 0.0658. The summed E-state index contributed by atoms with van der Waals surface area (Å²) in [6, 6.07) is 11.1. The van der Waals surface area contributed by atoms with Gasteiger partial charge in [0.2, 0.25) is 5.88 Å². The average Bonchev–Trinajstić information content (AvgIpc) is 2.68. The number of hydrogen-bond donors (Lipinski definition) is 3. The van der Waals surface area contributed by atoms with Crippen molar-refractivity contribution in [2.24, 2.45) is 0 Å². The number of nitrogens with one attached hydrogen (secondary N) is 2. The van der Waals surface area contributed by atoms with Crippen LogP contribution in [0.3, 0.4) is 0 Å². The number of hydrogen-bond acceptors (Lipinski definition) is 6. The van der Waals surface area contributed by atoms with Crippen LogP contribution in [0, 0.1) is 0 Å². The summed E-state index contributed by atoms with van der Waals surface area (Å²) in [5.41, 5.74) is 2.80. The van der Waals surface area contributed by atoms with Crippen LogP contribution in [0.5, 0.6) is 5.88 Å². The third-order valence-electron chi connectivity index (χ3n) is 4.98. The zero-order valence-electron chi connectivity index (χ0n) is 15.2. The van der Waals surface area contributed by atoms with Gasteiger partial charge < -0.3 is 25.2 Å². The van der Waals surface area contributed by atoms with Crippen molar-refractivity contribution in [3.05, 3.63) is 58.2 Å². The third kappa shape index (κ3) is 4.44. The number of ether oxygens (including phenoxy) is 2. The molecule has 1 saturated heterocycles. The SMILES string of the molecule is O=C(NCC(O)[C@@H]1Cc2ccccc2CN1)c1cc(Cl)nc(OC2COC2)c1. The van der Waals surface area contributed by atoms with Crippen LogP contribution in [-0.2, 0) is 17.7 Å². The van der Waals surface area contributed by atoms with Crippen LogP contribution in [-0.4, -0.2) is 54.0 Å². The molecule has 1 aromatic heterocycles. The molecule has 1 aromatic carbocycles. The molecule has 3 heterocycles. The zero-order valence-corrected chi connectivity index (χ0v) is 16.0. The summed E-state index contributed by atoms with van der Waals surface area (Å²) in [7, 11) is 0. The number of aliphatic hydroxyl groups is 1. The molecule has 148 valence electrons. The number of pyridine rings is 1. The topological polar surface area (TPSA) is 92.7 Å². The van der Waals surface area contributed by atoms with Crippen LogP contribution in [0.2, 0.25) is 5.15 Å². The summed E-state index contributed by atoms with van der Waals surface area (Å²) in [5, 5.41) is 16.8. The minimum atomic E-state index is -0.711. The Hall–Kier alpha value is -2.19. The van der Waals surface area contributed by atoms with E-state index in [9.17, 15) is 9.90 Å². The monoisotopic (exact) mass is 403 g/mol. The molecule has 4 rings (SSSR count). The maximum absolute atomic E-state index is 12.5. The number of halogens is 1. The van der Waals surface area contributed by atoms with Gasteiger partial charge in [0.25, 0.3) is 5.91 Å². The quantitative estimate of drug-likeness (QED) is 0.630. The van der Waals surface area contributed by atoms with E-state index >= 15 is 0 Å². The highest BCUT2D eigenvalue weighted by Gasteiger charge is 2.25. The van der Waals surface area contributed by atoms with E-state index < -0.39 is 6.10 Å². The lowest BCUT2D eigenvalue weighted by Gasteiger charge is -2.30. The Bertz CT molecular complexity index is 859. The van der Waals surface area contributed by atoms with Gasteiger partial charge in [0.15, 0.2) is 0 Å². The molecule has 0 saturated carbocycles. The fourth-order valence-corrected chi connectivity index (χ4v) is 3.51. The van der Waals surface area contributed by atoms with Crippen LogP contribution in [0.25, 0.3) is 0 Å². The fraction of sp³-hybridized carbons (Fsp3) is 0.400. The predicted octanol–water partition coefficient (Wildman–Crippen LogP) is 1.32. The van der Waals surface area contributed by atoms with E-state index in [1.54, 1.807) is 6.07 Å². The van der Waals surface area contributed by atoms with E-state index in [0.717, 1.165) is 6.42 Å². The van der Waals surface area contributed by atoms with Gasteiger partial charge in [-0.05, 0) is 23.6 Å². The highest BCUT2D eigenvalue weighted by molar-refractivity contribution is 6.29. The number of nitrogens with zero attached hydrogens (tertiary/aromatic N) is 1. The smallest absolute Gasteiger partial charge is 0.251 e. The molecule has 2 aliphatic rings. The molecule has 2 atom stereocenters. The first-order chi connectivity index (χ1) is 13.6. The largest absolute Gasteiger partial charge is 0.469 e. The first-order valence-corrected chi connectivity index (χ1v) is 9.64. The van der Waals surface area contributed by atoms with Gasteiger partial charge in [-0.25, -0.2) is 4.98 Å². The van der Waals surface area contributed by atoms with Gasteiger partial charge in [0, 0.05) is 30.8 Å². The molecular formula is C20H22ClN3O4. The average molecular weight is 404 g/mol. The number of carbonyl (C=O) groups excluding carboxylic acids is 1. The van der Waals surface area contributed by atoms with E-state index in [1.165, 1.54) is 17.2 Å². The van der Waals surface area contributed by atoms with Gasteiger partial charge >= 0.3 is 0 Å². The first-order valence-electron chi connectivity index (χ1n) is 9.27. The Labute approximate surface area is 168 Å². The molecule has 2 aliphatic heterocycles. The lowest BCUT2D eigenvalue weighted by molar-refractivity contribution is -0.0813. The van der Waals surface area contributed by atoms with Crippen molar-refractivity contribution in [2.75, 3.05) is 19.8 Å². The van der Waals surface area contributed by atoms with E-state index in [2.05, 4.69) is 27.8 Å². The van der Waals surface area contributed by atoms with Crippen molar-refractivity contribution in [2.45, 2.75) is 31.2 Å². The Morgan fingerprint density at radius 2 is 2.14 bits per heavy atom. The van der Waals surface area contributed by atoms with E-state index in [0.29, 0.717) is 25.3 Å². The Morgan fingerprint density at radius 3 is 2.89 bits per heavy atom. The van der Waals surface area contributed by atoms with Crippen molar-refractivity contribution < 1.29 is 19.4 Å². The summed E-state index contributed by atoms with van der Waals surface area (Å²) in [5.74, 6) is -0.0497. The number of aromatic nitrogens is 1. The normalized spacial score (nSPS) is 20.0.